The van der Waals surface area contributed by atoms with E-state index in [0.717, 1.165) is 11.3 Å². The predicted molar refractivity (Wildman–Crippen MR) is 123 cm³/mol. The molecule has 0 bridgehead atoms. The summed E-state index contributed by atoms with van der Waals surface area (Å²) < 4.78 is 12.1. The Labute approximate surface area is 194 Å². The highest BCUT2D eigenvalue weighted by Gasteiger charge is 2.17. The van der Waals surface area contributed by atoms with Gasteiger partial charge in [-0.25, -0.2) is 4.68 Å². The van der Waals surface area contributed by atoms with Gasteiger partial charge in [-0.2, -0.15) is 5.10 Å². The maximum absolute atomic E-state index is 12.7. The number of carbonyl (C=O) groups is 2. The fourth-order valence-electron chi connectivity index (χ4n) is 3.43. The Morgan fingerprint density at radius 2 is 1.68 bits per heavy atom. The fraction of sp³-hybridized carbons (Fsp3) is 0.208. The molecule has 0 aliphatic carbocycles. The molecule has 0 unspecified atom stereocenters. The number of hydrogen-bond acceptors (Lipinski definition) is 7. The summed E-state index contributed by atoms with van der Waals surface area (Å²) in [6.45, 7) is 6.01. The number of hydrazine groups is 1. The number of ether oxygens (including phenoxy) is 1. The highest BCUT2D eigenvalue weighted by atomic mass is 16.5. The highest BCUT2D eigenvalue weighted by molar-refractivity contribution is 6.06. The summed E-state index contributed by atoms with van der Waals surface area (Å²) in [5.41, 5.74) is 6.46. The number of carbonyl (C=O) groups excluding carboxylic acids is 2. The smallest absolute Gasteiger partial charge is 0.290 e. The molecule has 2 aromatic heterocycles. The third kappa shape index (κ3) is 4.51. The predicted octanol–water partition coefficient (Wildman–Crippen LogP) is 2.68. The van der Waals surface area contributed by atoms with Gasteiger partial charge < -0.3 is 9.26 Å². The number of hydrogen-bond donors (Lipinski definition) is 2. The van der Waals surface area contributed by atoms with Gasteiger partial charge in [0.25, 0.3) is 17.4 Å². The standard InChI is InChI=1S/C24H23N5O5/c1-4-29-24(32)19-8-6-5-7-18(19)21(27-29)23(31)26-25-22(30)16-9-11-17(12-10-16)33-13-20-14(2)28-34-15(20)3/h5-12H,4,13H2,1-3H3,(H,25,30)(H,26,31). The summed E-state index contributed by atoms with van der Waals surface area (Å²) in [6.07, 6.45) is 0. The van der Waals surface area contributed by atoms with E-state index in [1.807, 2.05) is 13.8 Å². The van der Waals surface area contributed by atoms with Crippen LogP contribution >= 0.6 is 0 Å². The number of rotatable bonds is 6. The Morgan fingerprint density at radius 1 is 1.00 bits per heavy atom. The molecule has 0 aliphatic heterocycles. The van der Waals surface area contributed by atoms with Crippen LogP contribution in [-0.4, -0.2) is 26.8 Å². The van der Waals surface area contributed by atoms with Crippen molar-refractivity contribution in [3.63, 3.8) is 0 Å². The minimum atomic E-state index is -0.633. The lowest BCUT2D eigenvalue weighted by Gasteiger charge is -2.11. The first-order valence-electron chi connectivity index (χ1n) is 10.6. The molecule has 10 heteroatoms. The molecule has 10 nitrogen and oxygen atoms in total. The van der Waals surface area contributed by atoms with Crippen LogP contribution in [0.15, 0.2) is 57.8 Å². The molecule has 0 aliphatic rings. The molecule has 2 N–H and O–H groups in total. The lowest BCUT2D eigenvalue weighted by atomic mass is 10.1. The van der Waals surface area contributed by atoms with E-state index in [1.54, 1.807) is 55.5 Å². The van der Waals surface area contributed by atoms with Gasteiger partial charge in [0.2, 0.25) is 0 Å². The molecule has 0 saturated carbocycles. The van der Waals surface area contributed by atoms with Crippen LogP contribution in [0.2, 0.25) is 0 Å². The average Bonchev–Trinajstić information content (AvgIpc) is 3.18. The maximum atomic E-state index is 12.7. The molecule has 0 atom stereocenters. The van der Waals surface area contributed by atoms with Gasteiger partial charge >= 0.3 is 0 Å². The van der Waals surface area contributed by atoms with Crippen molar-refractivity contribution in [3.05, 3.63) is 87.2 Å². The van der Waals surface area contributed by atoms with Crippen LogP contribution in [-0.2, 0) is 13.2 Å². The summed E-state index contributed by atoms with van der Waals surface area (Å²) in [4.78, 5) is 37.7. The third-order valence-electron chi connectivity index (χ3n) is 5.35. The van der Waals surface area contributed by atoms with E-state index in [4.69, 9.17) is 9.26 Å². The zero-order valence-electron chi connectivity index (χ0n) is 18.9. The first-order chi connectivity index (χ1) is 16.4. The molecular formula is C24H23N5O5. The summed E-state index contributed by atoms with van der Waals surface area (Å²) in [5.74, 6) is 0.115. The van der Waals surface area contributed by atoms with Crippen LogP contribution in [0.1, 0.15) is 44.8 Å². The molecule has 4 rings (SSSR count). The topological polar surface area (TPSA) is 128 Å². The molecule has 4 aromatic rings. The van der Waals surface area contributed by atoms with Crippen molar-refractivity contribution in [2.75, 3.05) is 0 Å². The summed E-state index contributed by atoms with van der Waals surface area (Å²) in [6, 6.07) is 13.2. The number of fused-ring (bicyclic) bond motifs is 1. The number of aromatic nitrogens is 3. The van der Waals surface area contributed by atoms with E-state index in [0.29, 0.717) is 41.0 Å². The van der Waals surface area contributed by atoms with E-state index in [-0.39, 0.29) is 11.3 Å². The average molecular weight is 461 g/mol. The number of amides is 2. The molecule has 34 heavy (non-hydrogen) atoms. The van der Waals surface area contributed by atoms with Crippen LogP contribution in [0.3, 0.4) is 0 Å². The van der Waals surface area contributed by atoms with Gasteiger partial charge in [-0.3, -0.25) is 25.2 Å². The van der Waals surface area contributed by atoms with Gasteiger partial charge in [-0.05, 0) is 51.1 Å². The first-order valence-corrected chi connectivity index (χ1v) is 10.6. The third-order valence-corrected chi connectivity index (χ3v) is 5.35. The van der Waals surface area contributed by atoms with Gasteiger partial charge in [0.1, 0.15) is 18.1 Å². The van der Waals surface area contributed by atoms with Gasteiger partial charge in [0.15, 0.2) is 5.69 Å². The lowest BCUT2D eigenvalue weighted by Crippen LogP contribution is -2.42. The highest BCUT2D eigenvalue weighted by Crippen LogP contribution is 2.18. The number of nitrogens with zero attached hydrogens (tertiary/aromatic N) is 3. The van der Waals surface area contributed by atoms with E-state index < -0.39 is 11.8 Å². The van der Waals surface area contributed by atoms with Gasteiger partial charge in [0, 0.05) is 17.5 Å². The monoisotopic (exact) mass is 461 g/mol. The fourth-order valence-corrected chi connectivity index (χ4v) is 3.43. The van der Waals surface area contributed by atoms with Crippen molar-refractivity contribution in [1.29, 1.82) is 0 Å². The van der Waals surface area contributed by atoms with Crippen molar-refractivity contribution in [2.24, 2.45) is 0 Å². The van der Waals surface area contributed by atoms with Crippen LogP contribution < -0.4 is 21.1 Å². The van der Waals surface area contributed by atoms with Crippen molar-refractivity contribution in [2.45, 2.75) is 33.9 Å². The van der Waals surface area contributed by atoms with Gasteiger partial charge in [-0.15, -0.1) is 0 Å². The number of aryl methyl sites for hydroxylation is 3. The zero-order chi connectivity index (χ0) is 24.2. The molecule has 0 saturated heterocycles. The molecule has 0 spiro atoms. The molecule has 2 heterocycles. The Balaban J connectivity index is 1.41. The normalized spacial score (nSPS) is 10.8. The molecule has 0 radical (unpaired) electrons. The van der Waals surface area contributed by atoms with Crippen LogP contribution in [0.5, 0.6) is 5.75 Å². The molecular weight excluding hydrogens is 438 g/mol. The zero-order valence-corrected chi connectivity index (χ0v) is 18.9. The van der Waals surface area contributed by atoms with E-state index in [1.165, 1.54) is 4.68 Å². The molecule has 174 valence electrons. The number of nitrogens with one attached hydrogen (secondary N) is 2. The minimum absolute atomic E-state index is 0.0421. The summed E-state index contributed by atoms with van der Waals surface area (Å²) in [5, 5.41) is 8.82. The maximum Gasteiger partial charge on any atom is 0.290 e. The van der Waals surface area contributed by atoms with Crippen molar-refractivity contribution >= 4 is 22.6 Å². The van der Waals surface area contributed by atoms with E-state index in [9.17, 15) is 14.4 Å². The Morgan fingerprint density at radius 3 is 2.32 bits per heavy atom. The lowest BCUT2D eigenvalue weighted by molar-refractivity contribution is 0.0843. The van der Waals surface area contributed by atoms with Crippen LogP contribution in [0.25, 0.3) is 10.8 Å². The SMILES string of the molecule is CCn1nc(C(=O)NNC(=O)c2ccc(OCc3c(C)noc3C)cc2)c2ccccc2c1=O. The second-order valence-electron chi connectivity index (χ2n) is 7.54. The number of benzene rings is 2. The van der Waals surface area contributed by atoms with Crippen molar-refractivity contribution < 1.29 is 18.8 Å². The van der Waals surface area contributed by atoms with Crippen LogP contribution in [0.4, 0.5) is 0 Å². The van der Waals surface area contributed by atoms with Gasteiger partial charge in [0.05, 0.1) is 16.6 Å². The van der Waals surface area contributed by atoms with Crippen molar-refractivity contribution in [3.8, 4) is 5.75 Å². The molecule has 2 amide bonds. The second-order valence-corrected chi connectivity index (χ2v) is 7.54. The minimum Gasteiger partial charge on any atom is -0.489 e. The Bertz CT molecular complexity index is 1400. The quantitative estimate of drug-likeness (QED) is 0.423. The molecule has 2 aromatic carbocycles. The Hall–Kier alpha value is -4.47. The first kappa shape index (κ1) is 22.7. The van der Waals surface area contributed by atoms with Gasteiger partial charge in [-0.1, -0.05) is 23.4 Å². The van der Waals surface area contributed by atoms with Crippen molar-refractivity contribution in [1.82, 2.24) is 25.8 Å². The Kier molecular flexibility index (Phi) is 6.39. The van der Waals surface area contributed by atoms with E-state index in [2.05, 4.69) is 21.1 Å². The molecule has 0 fully saturated rings. The largest absolute Gasteiger partial charge is 0.489 e. The summed E-state index contributed by atoms with van der Waals surface area (Å²) in [7, 11) is 0. The second kappa shape index (κ2) is 9.57. The van der Waals surface area contributed by atoms with Crippen LogP contribution in [0, 0.1) is 13.8 Å². The summed E-state index contributed by atoms with van der Waals surface area (Å²) >= 11 is 0. The van der Waals surface area contributed by atoms with E-state index >= 15 is 0 Å².